The molecular weight excluding hydrogens is 308 g/mol. The van der Waals surface area contributed by atoms with Crippen LogP contribution < -0.4 is 0 Å². The number of esters is 1. The lowest BCUT2D eigenvalue weighted by atomic mass is 9.74. The molecule has 0 saturated heterocycles. The molecule has 2 aliphatic carbocycles. The molecule has 0 aromatic carbocycles. The number of ether oxygens (including phenoxy) is 2. The highest BCUT2D eigenvalue weighted by molar-refractivity contribution is 6.19. The molecule has 1 unspecified atom stereocenters. The monoisotopic (exact) mass is 330 g/mol. The summed E-state index contributed by atoms with van der Waals surface area (Å²) < 4.78 is 11.3. The Kier molecular flexibility index (Phi) is 4.20. The van der Waals surface area contributed by atoms with Gasteiger partial charge in [0.2, 0.25) is 0 Å². The van der Waals surface area contributed by atoms with E-state index in [2.05, 4.69) is 0 Å². The van der Waals surface area contributed by atoms with Gasteiger partial charge in [-0.3, -0.25) is 9.59 Å². The number of carbonyl (C=O) groups is 3. The van der Waals surface area contributed by atoms with Crippen molar-refractivity contribution in [1.82, 2.24) is 0 Å². The molecule has 24 heavy (non-hydrogen) atoms. The molecular formula is C19H22O5. The molecule has 0 aromatic heterocycles. The summed E-state index contributed by atoms with van der Waals surface area (Å²) in [5, 5.41) is 0. The first kappa shape index (κ1) is 16.7. The topological polar surface area (TPSA) is 69.7 Å². The summed E-state index contributed by atoms with van der Waals surface area (Å²) in [5.74, 6) is -0.930. The van der Waals surface area contributed by atoms with Crippen molar-refractivity contribution in [3.05, 3.63) is 35.6 Å². The van der Waals surface area contributed by atoms with Crippen LogP contribution in [0.15, 0.2) is 35.6 Å². The summed E-state index contributed by atoms with van der Waals surface area (Å²) in [7, 11) is 1.46. The van der Waals surface area contributed by atoms with Gasteiger partial charge >= 0.3 is 5.97 Å². The van der Waals surface area contributed by atoms with E-state index < -0.39 is 11.6 Å². The van der Waals surface area contributed by atoms with Crippen LogP contribution in [-0.4, -0.2) is 30.2 Å². The van der Waals surface area contributed by atoms with Gasteiger partial charge in [-0.2, -0.15) is 0 Å². The van der Waals surface area contributed by atoms with E-state index in [1.165, 1.54) is 13.2 Å². The highest BCUT2D eigenvalue weighted by Crippen LogP contribution is 2.48. The number of hydrogen-bond donors (Lipinski definition) is 0. The Morgan fingerprint density at radius 3 is 2.58 bits per heavy atom. The molecule has 0 amide bonds. The molecule has 3 rings (SSSR count). The first-order valence-electron chi connectivity index (χ1n) is 8.32. The molecule has 0 N–H and O–H groups in total. The average Bonchev–Trinajstić information content (AvgIpc) is 2.76. The number of carbonyl (C=O) groups excluding carboxylic acids is 3. The Balaban J connectivity index is 2.19. The van der Waals surface area contributed by atoms with Gasteiger partial charge < -0.3 is 9.47 Å². The molecule has 1 heterocycles. The Morgan fingerprint density at radius 1 is 1.12 bits per heavy atom. The second kappa shape index (κ2) is 6.04. The van der Waals surface area contributed by atoms with Crippen LogP contribution in [0.4, 0.5) is 0 Å². The third-order valence-electron chi connectivity index (χ3n) is 4.96. The SMILES string of the molecule is COC1=C2C(=O)C[C@@H](C)CC(=O)/C=C/C3C=C[C@@H](C)C[C@@]13OC2=O. The standard InChI is InChI=1S/C19H22O5/c1-11-4-5-13-6-7-14(20)8-12(2)9-15(21)16-17(23-3)19(13,10-11)24-18(16)22/h4-7,11-13H,8-10H2,1-3H3/b7-6+/t11-,12+,13?,19+/m1/s1. The van der Waals surface area contributed by atoms with Crippen LogP contribution in [0.1, 0.15) is 33.1 Å². The van der Waals surface area contributed by atoms with Crippen molar-refractivity contribution in [2.75, 3.05) is 7.11 Å². The summed E-state index contributed by atoms with van der Waals surface area (Å²) >= 11 is 0. The van der Waals surface area contributed by atoms with Crippen LogP contribution in [0.3, 0.4) is 0 Å². The fourth-order valence-corrected chi connectivity index (χ4v) is 3.92. The van der Waals surface area contributed by atoms with Gasteiger partial charge in [-0.25, -0.2) is 4.79 Å². The van der Waals surface area contributed by atoms with Crippen LogP contribution in [0.5, 0.6) is 0 Å². The summed E-state index contributed by atoms with van der Waals surface area (Å²) in [6.45, 7) is 3.85. The van der Waals surface area contributed by atoms with E-state index in [1.807, 2.05) is 26.0 Å². The third kappa shape index (κ3) is 2.62. The molecule has 4 atom stereocenters. The fraction of sp³-hybridized carbons (Fsp3) is 0.526. The van der Waals surface area contributed by atoms with Crippen LogP contribution in [0.2, 0.25) is 0 Å². The van der Waals surface area contributed by atoms with Gasteiger partial charge in [0.15, 0.2) is 22.9 Å². The maximum absolute atomic E-state index is 12.7. The van der Waals surface area contributed by atoms with Gasteiger partial charge in [0, 0.05) is 25.2 Å². The lowest BCUT2D eigenvalue weighted by Gasteiger charge is -2.38. The van der Waals surface area contributed by atoms with Crippen molar-refractivity contribution >= 4 is 17.5 Å². The van der Waals surface area contributed by atoms with Crippen molar-refractivity contribution < 1.29 is 23.9 Å². The van der Waals surface area contributed by atoms with Gasteiger partial charge in [0.1, 0.15) is 5.57 Å². The lowest BCUT2D eigenvalue weighted by molar-refractivity contribution is -0.153. The Morgan fingerprint density at radius 2 is 1.88 bits per heavy atom. The van der Waals surface area contributed by atoms with E-state index in [9.17, 15) is 14.4 Å². The van der Waals surface area contributed by atoms with Gasteiger partial charge in [-0.1, -0.05) is 32.1 Å². The number of ketones is 2. The zero-order chi connectivity index (χ0) is 17.5. The summed E-state index contributed by atoms with van der Waals surface area (Å²) in [6.07, 6.45) is 8.21. The second-order valence-electron chi connectivity index (χ2n) is 7.04. The van der Waals surface area contributed by atoms with Crippen molar-refractivity contribution in [2.45, 2.75) is 38.7 Å². The predicted molar refractivity (Wildman–Crippen MR) is 86.8 cm³/mol. The van der Waals surface area contributed by atoms with Gasteiger partial charge in [-0.15, -0.1) is 0 Å². The summed E-state index contributed by atoms with van der Waals surface area (Å²) in [6, 6.07) is 0. The number of methoxy groups -OCH3 is 1. The maximum atomic E-state index is 12.7. The maximum Gasteiger partial charge on any atom is 0.346 e. The number of allylic oxidation sites excluding steroid dienone is 2. The smallest absolute Gasteiger partial charge is 0.346 e. The number of hydrogen-bond acceptors (Lipinski definition) is 5. The number of Topliss-reactive ketones (excluding diaryl/α,β-unsaturated/α-hetero) is 1. The van der Waals surface area contributed by atoms with Crippen molar-refractivity contribution in [3.8, 4) is 0 Å². The van der Waals surface area contributed by atoms with Gasteiger partial charge in [-0.05, 0) is 17.9 Å². The molecule has 2 bridgehead atoms. The summed E-state index contributed by atoms with van der Waals surface area (Å²) in [4.78, 5) is 37.3. The minimum atomic E-state index is -1.03. The molecule has 0 aromatic rings. The fourth-order valence-electron chi connectivity index (χ4n) is 3.92. The Labute approximate surface area is 141 Å². The molecule has 0 saturated carbocycles. The number of rotatable bonds is 1. The minimum absolute atomic E-state index is 0.0135. The van der Waals surface area contributed by atoms with Crippen LogP contribution in [-0.2, 0) is 23.9 Å². The Hall–Kier alpha value is -2.17. The molecule has 5 nitrogen and oxygen atoms in total. The van der Waals surface area contributed by atoms with Crippen LogP contribution in [0, 0.1) is 17.8 Å². The molecule has 0 fully saturated rings. The van der Waals surface area contributed by atoms with Crippen molar-refractivity contribution in [2.24, 2.45) is 17.8 Å². The van der Waals surface area contributed by atoms with E-state index in [4.69, 9.17) is 9.47 Å². The highest BCUT2D eigenvalue weighted by Gasteiger charge is 2.56. The predicted octanol–water partition coefficient (Wildman–Crippen LogP) is 2.52. The zero-order valence-corrected chi connectivity index (χ0v) is 14.2. The van der Waals surface area contributed by atoms with Crippen molar-refractivity contribution in [3.63, 3.8) is 0 Å². The molecule has 1 aliphatic heterocycles. The molecule has 0 radical (unpaired) electrons. The quantitative estimate of drug-likeness (QED) is 0.420. The van der Waals surface area contributed by atoms with Crippen molar-refractivity contribution in [1.29, 1.82) is 0 Å². The largest absolute Gasteiger partial charge is 0.496 e. The van der Waals surface area contributed by atoms with Gasteiger partial charge in [0.25, 0.3) is 0 Å². The van der Waals surface area contributed by atoms with Crippen LogP contribution in [0.25, 0.3) is 0 Å². The third-order valence-corrected chi connectivity index (χ3v) is 4.96. The van der Waals surface area contributed by atoms with E-state index in [0.717, 1.165) is 0 Å². The zero-order valence-electron chi connectivity index (χ0n) is 14.2. The van der Waals surface area contributed by atoms with E-state index in [0.29, 0.717) is 12.2 Å². The summed E-state index contributed by atoms with van der Waals surface area (Å²) in [5.41, 5.74) is -1.02. The second-order valence-corrected chi connectivity index (χ2v) is 7.04. The first-order chi connectivity index (χ1) is 11.4. The van der Waals surface area contributed by atoms with Gasteiger partial charge in [0.05, 0.1) is 7.11 Å². The van der Waals surface area contributed by atoms with Crippen LogP contribution >= 0.6 is 0 Å². The normalized spacial score (nSPS) is 37.6. The lowest BCUT2D eigenvalue weighted by Crippen LogP contribution is -2.43. The Bertz CT molecular complexity index is 684. The molecule has 128 valence electrons. The van der Waals surface area contributed by atoms with E-state index in [1.54, 1.807) is 6.08 Å². The van der Waals surface area contributed by atoms with E-state index in [-0.39, 0.29) is 47.7 Å². The van der Waals surface area contributed by atoms with E-state index >= 15 is 0 Å². The molecule has 3 aliphatic rings. The minimum Gasteiger partial charge on any atom is -0.496 e. The average molecular weight is 330 g/mol. The molecule has 1 spiro atoms. The first-order valence-corrected chi connectivity index (χ1v) is 8.32. The molecule has 5 heteroatoms. The highest BCUT2D eigenvalue weighted by atomic mass is 16.6.